The zero-order chi connectivity index (χ0) is 13.9. The number of carbonyl (C=O) groups excluding carboxylic acids is 1. The van der Waals surface area contributed by atoms with Gasteiger partial charge in [-0.05, 0) is 36.4 Å². The molecule has 0 fully saturated rings. The lowest BCUT2D eigenvalue weighted by Gasteiger charge is -2.07. The number of fused-ring (bicyclic) bond motifs is 1. The van der Waals surface area contributed by atoms with Crippen LogP contribution in [0.5, 0.6) is 0 Å². The van der Waals surface area contributed by atoms with E-state index in [1.54, 1.807) is 18.2 Å². The molecule has 20 heavy (non-hydrogen) atoms. The maximum Gasteiger partial charge on any atom is 0.323 e. The van der Waals surface area contributed by atoms with E-state index in [2.05, 4.69) is 15.6 Å². The molecule has 3 aromatic rings. The van der Waals surface area contributed by atoms with E-state index in [0.717, 1.165) is 5.52 Å². The van der Waals surface area contributed by atoms with E-state index in [0.29, 0.717) is 17.0 Å². The summed E-state index contributed by atoms with van der Waals surface area (Å²) < 4.78 is 17.9. The van der Waals surface area contributed by atoms with Gasteiger partial charge in [0.1, 0.15) is 11.3 Å². The van der Waals surface area contributed by atoms with Gasteiger partial charge in [0.15, 0.2) is 12.0 Å². The van der Waals surface area contributed by atoms with Crippen molar-refractivity contribution in [1.29, 1.82) is 0 Å². The molecular weight excluding hydrogens is 261 g/mol. The Balaban J connectivity index is 1.70. The highest BCUT2D eigenvalue weighted by Crippen LogP contribution is 2.18. The summed E-state index contributed by atoms with van der Waals surface area (Å²) in [5, 5.41) is 5.25. The number of halogens is 1. The van der Waals surface area contributed by atoms with Crippen LogP contribution in [0.3, 0.4) is 0 Å². The first-order valence-electron chi connectivity index (χ1n) is 5.87. The first-order chi connectivity index (χ1) is 9.70. The second-order valence-corrected chi connectivity index (χ2v) is 4.12. The summed E-state index contributed by atoms with van der Waals surface area (Å²) in [7, 11) is 0. The molecule has 100 valence electrons. The quantitative estimate of drug-likeness (QED) is 0.748. The van der Waals surface area contributed by atoms with Gasteiger partial charge < -0.3 is 15.1 Å². The molecule has 2 N–H and O–H groups in total. The van der Waals surface area contributed by atoms with Gasteiger partial charge in [-0.3, -0.25) is 0 Å². The van der Waals surface area contributed by atoms with E-state index >= 15 is 0 Å². The van der Waals surface area contributed by atoms with Gasteiger partial charge in [-0.25, -0.2) is 14.2 Å². The van der Waals surface area contributed by atoms with Gasteiger partial charge >= 0.3 is 6.03 Å². The number of nitrogens with one attached hydrogen (secondary N) is 2. The van der Waals surface area contributed by atoms with Crippen molar-refractivity contribution in [1.82, 2.24) is 4.98 Å². The maximum absolute atomic E-state index is 12.7. The number of nitrogens with zero attached hydrogens (tertiary/aromatic N) is 1. The molecule has 0 aliphatic heterocycles. The second-order valence-electron chi connectivity index (χ2n) is 4.12. The molecule has 0 aliphatic rings. The Morgan fingerprint density at radius 1 is 1.05 bits per heavy atom. The SMILES string of the molecule is O=C(Nc1ccc(F)cc1)Nc1ccc2ncoc2c1. The number of aromatic nitrogens is 1. The van der Waals surface area contributed by atoms with Gasteiger partial charge in [0.05, 0.1) is 0 Å². The van der Waals surface area contributed by atoms with Crippen molar-refractivity contribution in [2.24, 2.45) is 0 Å². The molecule has 0 atom stereocenters. The number of hydrogen-bond donors (Lipinski definition) is 2. The van der Waals surface area contributed by atoms with Crippen LogP contribution < -0.4 is 10.6 Å². The fourth-order valence-corrected chi connectivity index (χ4v) is 1.76. The molecule has 5 nitrogen and oxygen atoms in total. The molecule has 0 saturated heterocycles. The van der Waals surface area contributed by atoms with Gasteiger partial charge in [-0.1, -0.05) is 0 Å². The molecule has 0 unspecified atom stereocenters. The van der Waals surface area contributed by atoms with E-state index in [-0.39, 0.29) is 5.82 Å². The van der Waals surface area contributed by atoms with E-state index in [1.807, 2.05) is 0 Å². The first-order valence-corrected chi connectivity index (χ1v) is 5.87. The standard InChI is InChI=1S/C14H10FN3O2/c15-9-1-3-10(4-2-9)17-14(19)18-11-5-6-12-13(7-11)20-8-16-12/h1-8H,(H2,17,18,19). The lowest BCUT2D eigenvalue weighted by molar-refractivity contribution is 0.262. The smallest absolute Gasteiger partial charge is 0.323 e. The van der Waals surface area contributed by atoms with Crippen LogP contribution in [0.4, 0.5) is 20.6 Å². The number of amides is 2. The Morgan fingerprint density at radius 3 is 2.55 bits per heavy atom. The second kappa shape index (κ2) is 5.00. The van der Waals surface area contributed by atoms with E-state index in [4.69, 9.17) is 4.42 Å². The van der Waals surface area contributed by atoms with Crippen molar-refractivity contribution in [2.75, 3.05) is 10.6 Å². The summed E-state index contributed by atoms with van der Waals surface area (Å²) in [5.74, 6) is -0.355. The summed E-state index contributed by atoms with van der Waals surface area (Å²) in [5.41, 5.74) is 2.39. The van der Waals surface area contributed by atoms with E-state index in [9.17, 15) is 9.18 Å². The molecule has 0 spiro atoms. The first kappa shape index (κ1) is 12.2. The molecule has 1 heterocycles. The average Bonchev–Trinajstić information content (AvgIpc) is 2.89. The topological polar surface area (TPSA) is 67.2 Å². The Labute approximate surface area is 113 Å². The Morgan fingerprint density at radius 2 is 1.75 bits per heavy atom. The number of hydrogen-bond acceptors (Lipinski definition) is 3. The minimum Gasteiger partial charge on any atom is -0.443 e. The van der Waals surface area contributed by atoms with Crippen LogP contribution >= 0.6 is 0 Å². The van der Waals surface area contributed by atoms with Crippen LogP contribution in [0.15, 0.2) is 53.3 Å². The molecule has 3 rings (SSSR count). The van der Waals surface area contributed by atoms with Crippen molar-refractivity contribution in [3.63, 3.8) is 0 Å². The number of urea groups is 1. The number of oxazole rings is 1. The molecule has 0 bridgehead atoms. The summed E-state index contributed by atoms with van der Waals surface area (Å²) in [6.45, 7) is 0. The minimum atomic E-state index is -0.421. The van der Waals surface area contributed by atoms with Crippen molar-refractivity contribution in [3.05, 3.63) is 54.7 Å². The molecule has 2 aromatic carbocycles. The average molecular weight is 271 g/mol. The molecule has 0 saturated carbocycles. The van der Waals surface area contributed by atoms with Crippen molar-refractivity contribution in [3.8, 4) is 0 Å². The summed E-state index contributed by atoms with van der Waals surface area (Å²) in [6.07, 6.45) is 1.34. The minimum absolute atomic E-state index is 0.355. The highest BCUT2D eigenvalue weighted by atomic mass is 19.1. The zero-order valence-electron chi connectivity index (χ0n) is 10.3. The van der Waals surface area contributed by atoms with E-state index < -0.39 is 6.03 Å². The normalized spacial score (nSPS) is 10.4. The van der Waals surface area contributed by atoms with Gasteiger partial charge in [0.2, 0.25) is 0 Å². The van der Waals surface area contributed by atoms with Crippen LogP contribution in [0.25, 0.3) is 11.1 Å². The van der Waals surface area contributed by atoms with Crippen molar-refractivity contribution < 1.29 is 13.6 Å². The van der Waals surface area contributed by atoms with Gasteiger partial charge in [-0.15, -0.1) is 0 Å². The van der Waals surface area contributed by atoms with Crippen LogP contribution in [0.2, 0.25) is 0 Å². The van der Waals surface area contributed by atoms with Crippen LogP contribution in [-0.2, 0) is 0 Å². The fourth-order valence-electron chi connectivity index (χ4n) is 1.76. The predicted molar refractivity (Wildman–Crippen MR) is 73.1 cm³/mol. The lowest BCUT2D eigenvalue weighted by atomic mass is 10.3. The van der Waals surface area contributed by atoms with Gasteiger partial charge in [-0.2, -0.15) is 0 Å². The highest BCUT2D eigenvalue weighted by molar-refractivity contribution is 6.00. The van der Waals surface area contributed by atoms with Crippen molar-refractivity contribution >= 4 is 28.5 Å². The third kappa shape index (κ3) is 2.59. The zero-order valence-corrected chi connectivity index (χ0v) is 10.3. The number of carbonyl (C=O) groups is 1. The third-order valence-electron chi connectivity index (χ3n) is 2.69. The molecule has 6 heteroatoms. The third-order valence-corrected chi connectivity index (χ3v) is 2.69. The molecule has 0 radical (unpaired) electrons. The summed E-state index contributed by atoms with van der Waals surface area (Å²) in [6, 6.07) is 10.2. The largest absolute Gasteiger partial charge is 0.443 e. The van der Waals surface area contributed by atoms with Crippen LogP contribution in [-0.4, -0.2) is 11.0 Å². The molecular formula is C14H10FN3O2. The summed E-state index contributed by atoms with van der Waals surface area (Å²) >= 11 is 0. The molecule has 2 amide bonds. The molecule has 0 aliphatic carbocycles. The maximum atomic E-state index is 12.7. The van der Waals surface area contributed by atoms with E-state index in [1.165, 1.54) is 30.7 Å². The fraction of sp³-hybridized carbons (Fsp3) is 0. The van der Waals surface area contributed by atoms with Gasteiger partial charge in [0, 0.05) is 17.4 Å². The Kier molecular flexibility index (Phi) is 3.04. The Hall–Kier alpha value is -2.89. The molecule has 1 aromatic heterocycles. The predicted octanol–water partition coefficient (Wildman–Crippen LogP) is 3.61. The Bertz CT molecular complexity index is 752. The number of benzene rings is 2. The summed E-state index contributed by atoms with van der Waals surface area (Å²) in [4.78, 5) is 15.8. The van der Waals surface area contributed by atoms with Crippen LogP contribution in [0.1, 0.15) is 0 Å². The van der Waals surface area contributed by atoms with Crippen LogP contribution in [0, 0.1) is 5.82 Å². The highest BCUT2D eigenvalue weighted by Gasteiger charge is 2.05. The number of rotatable bonds is 2. The van der Waals surface area contributed by atoms with Crippen molar-refractivity contribution in [2.45, 2.75) is 0 Å². The van der Waals surface area contributed by atoms with Gasteiger partial charge in [0.25, 0.3) is 0 Å². The lowest BCUT2D eigenvalue weighted by Crippen LogP contribution is -2.19. The monoisotopic (exact) mass is 271 g/mol. The number of anilines is 2.